The van der Waals surface area contributed by atoms with Gasteiger partial charge in [-0.05, 0) is 36.4 Å². The summed E-state index contributed by atoms with van der Waals surface area (Å²) >= 11 is 20.0. The van der Waals surface area contributed by atoms with Crippen LogP contribution in [0.3, 0.4) is 0 Å². The van der Waals surface area contributed by atoms with Crippen molar-refractivity contribution in [2.45, 2.75) is 14.5 Å². The first-order valence-corrected chi connectivity index (χ1v) is 21.6. The third-order valence-corrected chi connectivity index (χ3v) is 14.0. The molecule has 3 aromatic carbocycles. The molecule has 3 aromatic rings. The van der Waals surface area contributed by atoms with E-state index >= 15 is 0 Å². The van der Waals surface area contributed by atoms with Crippen molar-refractivity contribution in [2.75, 3.05) is 35.8 Å². The van der Waals surface area contributed by atoms with Crippen LogP contribution < -0.4 is 13.6 Å². The monoisotopic (exact) mass is 1020 g/mol. The Hall–Kier alpha value is 0.280. The number of phosphoric ester groups is 2. The molecular weight excluding hydrogens is 994 g/mol. The van der Waals surface area contributed by atoms with Crippen molar-refractivity contribution in [3.63, 3.8) is 0 Å². The lowest BCUT2D eigenvalue weighted by Gasteiger charge is -2.21. The van der Waals surface area contributed by atoms with Crippen LogP contribution in [-0.4, -0.2) is 50.3 Å². The molecule has 43 heavy (non-hydrogen) atoms. The first-order valence-electron chi connectivity index (χ1n) is 12.6. The quantitative estimate of drug-likeness (QED) is 0.0920. The van der Waals surface area contributed by atoms with Gasteiger partial charge in [0.25, 0.3) is 0 Å². The van der Waals surface area contributed by atoms with Crippen molar-refractivity contribution in [1.82, 2.24) is 0 Å². The van der Waals surface area contributed by atoms with E-state index in [1.54, 1.807) is 72.8 Å². The van der Waals surface area contributed by atoms with Crippen LogP contribution in [0.1, 0.15) is 0 Å². The second-order valence-corrected chi connectivity index (χ2v) is 17.2. The Morgan fingerprint density at radius 3 is 0.953 bits per heavy atom. The van der Waals surface area contributed by atoms with Gasteiger partial charge in [-0.25, -0.2) is 4.57 Å². The van der Waals surface area contributed by atoms with Crippen LogP contribution in [0.2, 0.25) is 0 Å². The standard InChI is InChI=1S/C18H15O4P.C9H15Br6O4P/c19-23(20-16-10-4-1-5-11-16,21-17-12-6-2-7-13-17)22-18-14-8-3-9-15-18;10-1-7(13)4-17-20(16,18-5-8(14)2-11)19-6-9(15)3-12/h1-15H;7-9H,1-6H2. The predicted octanol–water partition coefficient (Wildman–Crippen LogP) is 11.0. The van der Waals surface area contributed by atoms with Gasteiger partial charge >= 0.3 is 15.6 Å². The van der Waals surface area contributed by atoms with Crippen LogP contribution in [0, 0.1) is 0 Å². The van der Waals surface area contributed by atoms with E-state index in [2.05, 4.69) is 95.6 Å². The van der Waals surface area contributed by atoms with Crippen molar-refractivity contribution < 1.29 is 36.3 Å². The van der Waals surface area contributed by atoms with Crippen LogP contribution >= 0.6 is 111 Å². The van der Waals surface area contributed by atoms with E-state index in [4.69, 9.17) is 27.1 Å². The Kier molecular flexibility index (Phi) is 20.2. The summed E-state index contributed by atoms with van der Waals surface area (Å²) in [6.07, 6.45) is 0. The van der Waals surface area contributed by atoms with Crippen molar-refractivity contribution in [3.8, 4) is 17.2 Å². The maximum absolute atomic E-state index is 13.1. The fourth-order valence-electron chi connectivity index (χ4n) is 2.65. The van der Waals surface area contributed by atoms with Crippen molar-refractivity contribution >= 4 is 111 Å². The summed E-state index contributed by atoms with van der Waals surface area (Å²) in [6.45, 7) is 0.682. The predicted molar refractivity (Wildman–Crippen MR) is 194 cm³/mol. The zero-order valence-corrected chi connectivity index (χ0v) is 33.9. The second kappa shape index (κ2) is 22.0. The number of hydrogen-bond acceptors (Lipinski definition) is 8. The van der Waals surface area contributed by atoms with Crippen molar-refractivity contribution in [2.24, 2.45) is 0 Å². The second-order valence-electron chi connectivity index (χ2n) is 8.25. The average molecular weight is 1020 g/mol. The Morgan fingerprint density at radius 2 is 0.721 bits per heavy atom. The largest absolute Gasteiger partial charge is 0.647 e. The van der Waals surface area contributed by atoms with Crippen LogP contribution in [0.5, 0.6) is 17.2 Å². The zero-order valence-electron chi connectivity index (χ0n) is 22.6. The lowest BCUT2D eigenvalue weighted by molar-refractivity contribution is 0.118. The van der Waals surface area contributed by atoms with Gasteiger partial charge in [0, 0.05) is 30.5 Å². The van der Waals surface area contributed by atoms with E-state index in [9.17, 15) is 9.13 Å². The summed E-state index contributed by atoms with van der Waals surface area (Å²) in [6, 6.07) is 26.4. The van der Waals surface area contributed by atoms with Crippen molar-refractivity contribution in [3.05, 3.63) is 91.0 Å². The zero-order chi connectivity index (χ0) is 31.6. The highest BCUT2D eigenvalue weighted by Gasteiger charge is 2.33. The maximum atomic E-state index is 13.1. The van der Waals surface area contributed by atoms with Gasteiger partial charge in [-0.2, -0.15) is 4.57 Å². The summed E-state index contributed by atoms with van der Waals surface area (Å²) in [7, 11) is -7.46. The van der Waals surface area contributed by atoms with E-state index in [0.717, 1.165) is 0 Å². The molecule has 0 radical (unpaired) electrons. The summed E-state index contributed by atoms with van der Waals surface area (Å²) < 4.78 is 58.1. The Morgan fingerprint density at radius 1 is 0.465 bits per heavy atom. The highest BCUT2D eigenvalue weighted by Crippen LogP contribution is 2.51. The molecule has 238 valence electrons. The lowest BCUT2D eigenvalue weighted by Crippen LogP contribution is -2.17. The lowest BCUT2D eigenvalue weighted by atomic mass is 10.3. The number of para-hydroxylation sites is 3. The Bertz CT molecular complexity index is 1100. The summed E-state index contributed by atoms with van der Waals surface area (Å²) in [5.74, 6) is 1.22. The minimum Gasteiger partial charge on any atom is -0.386 e. The van der Waals surface area contributed by atoms with Gasteiger partial charge in [0.05, 0.1) is 19.8 Å². The molecule has 3 rings (SSSR count). The van der Waals surface area contributed by atoms with Crippen LogP contribution in [0.25, 0.3) is 0 Å². The molecule has 3 unspecified atom stereocenters. The van der Waals surface area contributed by atoms with Gasteiger partial charge in [-0.15, -0.1) is 0 Å². The summed E-state index contributed by atoms with van der Waals surface area (Å²) in [4.78, 5) is 0.111. The molecule has 16 heteroatoms. The molecule has 3 atom stereocenters. The summed E-state index contributed by atoms with van der Waals surface area (Å²) in [5, 5.41) is 2.04. The maximum Gasteiger partial charge on any atom is 0.647 e. The number of phosphoric acid groups is 2. The Labute approximate surface area is 303 Å². The molecule has 0 fully saturated rings. The van der Waals surface area contributed by atoms with E-state index in [0.29, 0.717) is 33.2 Å². The molecule has 0 amide bonds. The molecule has 0 aliphatic heterocycles. The first kappa shape index (κ1) is 39.5. The number of halogens is 6. The minimum absolute atomic E-state index is 0.0370. The molecule has 0 bridgehead atoms. The van der Waals surface area contributed by atoms with Gasteiger partial charge < -0.3 is 13.6 Å². The van der Waals surface area contributed by atoms with E-state index in [-0.39, 0.29) is 34.3 Å². The molecule has 0 aliphatic carbocycles. The minimum atomic E-state index is -3.89. The third kappa shape index (κ3) is 17.1. The van der Waals surface area contributed by atoms with Crippen molar-refractivity contribution in [1.29, 1.82) is 0 Å². The smallest absolute Gasteiger partial charge is 0.386 e. The Balaban J connectivity index is 0.000000304. The normalized spacial score (nSPS) is 14.7. The van der Waals surface area contributed by atoms with Crippen LogP contribution in [-0.2, 0) is 22.7 Å². The van der Waals surface area contributed by atoms with Gasteiger partial charge in [0.2, 0.25) is 0 Å². The number of rotatable bonds is 18. The topological polar surface area (TPSA) is 89.5 Å². The fourth-order valence-corrected chi connectivity index (χ4v) is 6.78. The molecule has 0 N–H and O–H groups in total. The molecule has 8 nitrogen and oxygen atoms in total. The SMILES string of the molecule is O=P(OCC(Br)CBr)(OCC(Br)CBr)OCC(Br)CBr.O=P(Oc1ccccc1)(Oc1ccccc1)Oc1ccccc1. The molecule has 0 spiro atoms. The number of benzene rings is 3. The van der Waals surface area contributed by atoms with E-state index in [1.807, 2.05) is 18.2 Å². The van der Waals surface area contributed by atoms with Gasteiger partial charge in [0.15, 0.2) is 0 Å². The van der Waals surface area contributed by atoms with Gasteiger partial charge in [-0.1, -0.05) is 150 Å². The molecule has 0 heterocycles. The van der Waals surface area contributed by atoms with Crippen LogP contribution in [0.15, 0.2) is 91.0 Å². The molecule has 0 aromatic heterocycles. The molecule has 0 saturated carbocycles. The molecule has 0 saturated heterocycles. The molecule has 0 aliphatic rings. The van der Waals surface area contributed by atoms with E-state index in [1.165, 1.54) is 0 Å². The fraction of sp³-hybridized carbons (Fsp3) is 0.333. The molecular formula is C27H30Br6O8P2. The average Bonchev–Trinajstić information content (AvgIpc) is 3.03. The highest BCUT2D eigenvalue weighted by molar-refractivity contribution is 9.12. The van der Waals surface area contributed by atoms with Gasteiger partial charge in [-0.3, -0.25) is 13.6 Å². The first-order chi connectivity index (χ1) is 20.6. The summed E-state index contributed by atoms with van der Waals surface area (Å²) in [5.41, 5.74) is 0. The third-order valence-electron chi connectivity index (χ3n) is 4.62. The number of alkyl halides is 6. The van der Waals surface area contributed by atoms with E-state index < -0.39 is 15.6 Å². The van der Waals surface area contributed by atoms with Crippen LogP contribution in [0.4, 0.5) is 0 Å². The van der Waals surface area contributed by atoms with Gasteiger partial charge in [0.1, 0.15) is 17.2 Å². The highest BCUT2D eigenvalue weighted by atomic mass is 79.9. The number of hydrogen-bond donors (Lipinski definition) is 0.